The summed E-state index contributed by atoms with van der Waals surface area (Å²) in [5, 5.41) is 33.3. The van der Waals surface area contributed by atoms with E-state index >= 15 is 0 Å². The summed E-state index contributed by atoms with van der Waals surface area (Å²) in [6.07, 6.45) is 35.4. The summed E-state index contributed by atoms with van der Waals surface area (Å²) >= 11 is 0. The van der Waals surface area contributed by atoms with Gasteiger partial charge in [0.25, 0.3) is 0 Å². The Morgan fingerprint density at radius 3 is 1.51 bits per heavy atom. The summed E-state index contributed by atoms with van der Waals surface area (Å²) in [4.78, 5) is 12.3. The zero-order valence-electron chi connectivity index (χ0n) is 27.2. The van der Waals surface area contributed by atoms with Gasteiger partial charge in [0.15, 0.2) is 0 Å². The fraction of sp³-hybridized carbons (Fsp3) is 0.861. The Morgan fingerprint density at radius 2 is 1.02 bits per heavy atom. The normalized spacial score (nSPS) is 14.2. The summed E-state index contributed by atoms with van der Waals surface area (Å²) in [6, 6.07) is -0.813. The van der Waals surface area contributed by atoms with Crippen molar-refractivity contribution in [3.05, 3.63) is 24.3 Å². The van der Waals surface area contributed by atoms with Gasteiger partial charge in [-0.25, -0.2) is 0 Å². The number of allylic oxidation sites excluding steroid dienone is 4. The van der Waals surface area contributed by atoms with Crippen LogP contribution in [-0.4, -0.2) is 46.1 Å². The van der Waals surface area contributed by atoms with E-state index in [0.717, 1.165) is 51.4 Å². The molecule has 0 radical (unpaired) electrons. The highest BCUT2D eigenvalue weighted by Gasteiger charge is 2.26. The zero-order valence-corrected chi connectivity index (χ0v) is 27.2. The third-order valence-corrected chi connectivity index (χ3v) is 8.09. The summed E-state index contributed by atoms with van der Waals surface area (Å²) in [5.41, 5.74) is 0. The molecule has 0 fully saturated rings. The maximum absolute atomic E-state index is 12.3. The van der Waals surface area contributed by atoms with E-state index < -0.39 is 18.2 Å². The molecule has 0 aromatic carbocycles. The number of carbonyl (C=O) groups is 1. The number of hydrogen-bond acceptors (Lipinski definition) is 4. The average Bonchev–Trinajstić information content (AvgIpc) is 2.97. The highest BCUT2D eigenvalue weighted by molar-refractivity contribution is 5.76. The number of aliphatic hydroxyl groups is 3. The van der Waals surface area contributed by atoms with E-state index in [9.17, 15) is 20.1 Å². The van der Waals surface area contributed by atoms with E-state index in [1.165, 1.54) is 96.3 Å². The Morgan fingerprint density at radius 1 is 0.610 bits per heavy atom. The standard InChI is InChI=1S/C36H69NO4/c1-3-5-7-9-11-13-15-17-18-19-21-23-25-27-29-31-35(40)37-33(32-38)36(41)34(39)30-28-26-24-22-20-16-14-12-10-8-6-4-2/h13,15,17-18,33-34,36,38-39,41H,3-12,14,16,19-32H2,1-2H3,(H,37,40)/t33-,34+,36-/m0/s1. The molecule has 0 saturated heterocycles. The van der Waals surface area contributed by atoms with Gasteiger partial charge in [0.1, 0.15) is 6.10 Å². The number of carbonyl (C=O) groups excluding carboxylic acids is 1. The second-order valence-corrected chi connectivity index (χ2v) is 12.1. The first-order valence-corrected chi connectivity index (χ1v) is 17.6. The van der Waals surface area contributed by atoms with Crippen LogP contribution in [0.2, 0.25) is 0 Å². The van der Waals surface area contributed by atoms with Gasteiger partial charge in [-0.15, -0.1) is 0 Å². The number of hydrogen-bond donors (Lipinski definition) is 4. The van der Waals surface area contributed by atoms with Gasteiger partial charge in [-0.05, 0) is 38.5 Å². The van der Waals surface area contributed by atoms with Crippen LogP contribution in [0.1, 0.15) is 174 Å². The molecule has 1 amide bonds. The van der Waals surface area contributed by atoms with E-state index in [1.54, 1.807) is 0 Å². The van der Waals surface area contributed by atoms with E-state index in [-0.39, 0.29) is 12.5 Å². The first-order chi connectivity index (χ1) is 20.1. The highest BCUT2D eigenvalue weighted by Crippen LogP contribution is 2.15. The van der Waals surface area contributed by atoms with Crippen molar-refractivity contribution in [2.45, 2.75) is 193 Å². The number of unbranched alkanes of at least 4 members (excludes halogenated alkanes) is 20. The predicted molar refractivity (Wildman–Crippen MR) is 176 cm³/mol. The molecule has 0 aliphatic carbocycles. The molecule has 5 nitrogen and oxygen atoms in total. The van der Waals surface area contributed by atoms with E-state index in [2.05, 4.69) is 43.5 Å². The van der Waals surface area contributed by atoms with Crippen molar-refractivity contribution in [2.24, 2.45) is 0 Å². The van der Waals surface area contributed by atoms with Crippen LogP contribution < -0.4 is 5.32 Å². The molecule has 0 bridgehead atoms. The molecule has 0 aliphatic heterocycles. The lowest BCUT2D eigenvalue weighted by molar-refractivity contribution is -0.124. The summed E-state index contributed by atoms with van der Waals surface area (Å²) in [7, 11) is 0. The molecule has 0 spiro atoms. The van der Waals surface area contributed by atoms with Gasteiger partial charge in [0, 0.05) is 6.42 Å². The van der Waals surface area contributed by atoms with E-state index in [1.807, 2.05) is 0 Å². The minimum atomic E-state index is -1.14. The fourth-order valence-electron chi connectivity index (χ4n) is 5.27. The molecule has 0 saturated carbocycles. The first-order valence-electron chi connectivity index (χ1n) is 17.6. The maximum Gasteiger partial charge on any atom is 0.220 e. The van der Waals surface area contributed by atoms with Crippen LogP contribution in [0.4, 0.5) is 0 Å². The summed E-state index contributed by atoms with van der Waals surface area (Å²) in [5.74, 6) is -0.162. The Balaban J connectivity index is 3.75. The average molecular weight is 580 g/mol. The summed E-state index contributed by atoms with van der Waals surface area (Å²) < 4.78 is 0. The van der Waals surface area contributed by atoms with Crippen LogP contribution in [0, 0.1) is 0 Å². The minimum Gasteiger partial charge on any atom is -0.394 e. The zero-order chi connectivity index (χ0) is 30.2. The van der Waals surface area contributed by atoms with Gasteiger partial charge in [0.2, 0.25) is 5.91 Å². The lowest BCUT2D eigenvalue weighted by Gasteiger charge is -2.26. The second kappa shape index (κ2) is 31.8. The van der Waals surface area contributed by atoms with Crippen molar-refractivity contribution in [2.75, 3.05) is 6.61 Å². The lowest BCUT2D eigenvalue weighted by Crippen LogP contribution is -2.50. The summed E-state index contributed by atoms with van der Waals surface area (Å²) in [6.45, 7) is 4.12. The molecule has 5 heteroatoms. The molecule has 0 heterocycles. The lowest BCUT2D eigenvalue weighted by atomic mass is 9.99. The highest BCUT2D eigenvalue weighted by atomic mass is 16.3. The van der Waals surface area contributed by atoms with Gasteiger partial charge >= 0.3 is 0 Å². The maximum atomic E-state index is 12.3. The monoisotopic (exact) mass is 580 g/mol. The van der Waals surface area contributed by atoms with Gasteiger partial charge in [-0.2, -0.15) is 0 Å². The van der Waals surface area contributed by atoms with Gasteiger partial charge in [-0.3, -0.25) is 4.79 Å². The molecular formula is C36H69NO4. The predicted octanol–water partition coefficient (Wildman–Crippen LogP) is 9.09. The minimum absolute atomic E-state index is 0.162. The molecule has 0 unspecified atom stereocenters. The first kappa shape index (κ1) is 39.8. The van der Waals surface area contributed by atoms with Crippen molar-refractivity contribution in [3.8, 4) is 0 Å². The van der Waals surface area contributed by atoms with Gasteiger partial charge < -0.3 is 20.6 Å². The van der Waals surface area contributed by atoms with E-state index in [0.29, 0.717) is 12.8 Å². The van der Waals surface area contributed by atoms with Crippen molar-refractivity contribution in [1.82, 2.24) is 5.32 Å². The largest absolute Gasteiger partial charge is 0.394 e. The SMILES string of the molecule is CCCCCCC=CC=CCCCCCCCC(=O)N[C@@H](CO)[C@H](O)[C@H](O)CCCCCCCCCCCCCC. The van der Waals surface area contributed by atoms with Crippen LogP contribution in [0.3, 0.4) is 0 Å². The van der Waals surface area contributed by atoms with Crippen molar-refractivity contribution >= 4 is 5.91 Å². The van der Waals surface area contributed by atoms with Crippen molar-refractivity contribution < 1.29 is 20.1 Å². The van der Waals surface area contributed by atoms with Crippen LogP contribution in [0.15, 0.2) is 24.3 Å². The molecule has 0 aromatic heterocycles. The fourth-order valence-corrected chi connectivity index (χ4v) is 5.27. The Hall–Kier alpha value is -1.17. The van der Waals surface area contributed by atoms with E-state index in [4.69, 9.17) is 0 Å². The molecule has 0 aromatic rings. The van der Waals surface area contributed by atoms with Crippen molar-refractivity contribution in [1.29, 1.82) is 0 Å². The molecule has 4 N–H and O–H groups in total. The molecular weight excluding hydrogens is 510 g/mol. The topological polar surface area (TPSA) is 89.8 Å². The molecule has 3 atom stereocenters. The molecule has 0 rings (SSSR count). The van der Waals surface area contributed by atoms with Crippen LogP contribution in [-0.2, 0) is 4.79 Å². The molecule has 242 valence electrons. The third kappa shape index (κ3) is 27.4. The molecule has 41 heavy (non-hydrogen) atoms. The number of aliphatic hydroxyl groups excluding tert-OH is 3. The number of rotatable bonds is 31. The third-order valence-electron chi connectivity index (χ3n) is 8.09. The number of amides is 1. The quantitative estimate of drug-likeness (QED) is 0.0487. The second-order valence-electron chi connectivity index (χ2n) is 12.1. The Bertz CT molecular complexity index is 606. The smallest absolute Gasteiger partial charge is 0.220 e. The Labute approximate surface area is 254 Å². The molecule has 0 aliphatic rings. The van der Waals surface area contributed by atoms with Crippen LogP contribution in [0.25, 0.3) is 0 Å². The van der Waals surface area contributed by atoms with Crippen molar-refractivity contribution in [3.63, 3.8) is 0 Å². The van der Waals surface area contributed by atoms with Gasteiger partial charge in [0.05, 0.1) is 18.8 Å². The van der Waals surface area contributed by atoms with Gasteiger partial charge in [-0.1, -0.05) is 154 Å². The number of nitrogens with one attached hydrogen (secondary N) is 1. The van der Waals surface area contributed by atoms with Crippen LogP contribution >= 0.6 is 0 Å². The van der Waals surface area contributed by atoms with Crippen LogP contribution in [0.5, 0.6) is 0 Å². The Kier molecular flexibility index (Phi) is 30.9.